The summed E-state index contributed by atoms with van der Waals surface area (Å²) in [6.45, 7) is 0. The van der Waals surface area contributed by atoms with Gasteiger partial charge in [0.15, 0.2) is 4.90 Å². The van der Waals surface area contributed by atoms with Gasteiger partial charge in [-0.2, -0.15) is 0 Å². The van der Waals surface area contributed by atoms with Crippen molar-refractivity contribution in [1.29, 1.82) is 0 Å². The third kappa shape index (κ3) is 3.83. The molecule has 0 saturated carbocycles. The number of benzene rings is 2. The van der Waals surface area contributed by atoms with E-state index >= 15 is 0 Å². The van der Waals surface area contributed by atoms with E-state index in [1.54, 1.807) is 36.4 Å². The van der Waals surface area contributed by atoms with Crippen LogP contribution < -0.4 is 0 Å². The first kappa shape index (κ1) is 13.1. The molecule has 0 aliphatic carbocycles. The molecule has 0 fully saturated rings. The Hall–Kier alpha value is -0.320. The Morgan fingerprint density at radius 1 is 0.824 bits per heavy atom. The minimum atomic E-state index is -1.13. The summed E-state index contributed by atoms with van der Waals surface area (Å²) >= 11 is 11.6. The summed E-state index contributed by atoms with van der Waals surface area (Å²) in [6, 6.07) is 14.3. The van der Waals surface area contributed by atoms with E-state index in [0.29, 0.717) is 10.0 Å². The Labute approximate surface area is 117 Å². The van der Waals surface area contributed by atoms with Crippen LogP contribution in [0, 0.1) is 0 Å². The second kappa shape index (κ2) is 6.03. The van der Waals surface area contributed by atoms with Crippen LogP contribution in [0.25, 0.3) is 0 Å². The SMILES string of the molecule is [O-][S+](Sc1ccc(Cl)cc1)c1ccc(Cl)cc1. The monoisotopic (exact) mass is 302 g/mol. The summed E-state index contributed by atoms with van der Waals surface area (Å²) in [4.78, 5) is 1.66. The van der Waals surface area contributed by atoms with Crippen LogP contribution in [-0.4, -0.2) is 4.55 Å². The Morgan fingerprint density at radius 3 is 1.82 bits per heavy atom. The van der Waals surface area contributed by atoms with Gasteiger partial charge >= 0.3 is 0 Å². The molecule has 5 heteroatoms. The summed E-state index contributed by atoms with van der Waals surface area (Å²) < 4.78 is 12.0. The Morgan fingerprint density at radius 2 is 1.29 bits per heavy atom. The van der Waals surface area contributed by atoms with Crippen molar-refractivity contribution in [1.82, 2.24) is 0 Å². The molecule has 1 atom stereocenters. The summed E-state index contributed by atoms with van der Waals surface area (Å²) in [5.74, 6) is 0. The fraction of sp³-hybridized carbons (Fsp3) is 0. The second-order valence-corrected chi connectivity index (χ2v) is 7.09. The van der Waals surface area contributed by atoms with Crippen molar-refractivity contribution < 1.29 is 4.55 Å². The molecular weight excluding hydrogens is 295 g/mol. The fourth-order valence-corrected chi connectivity index (χ4v) is 3.78. The zero-order valence-electron chi connectivity index (χ0n) is 8.60. The van der Waals surface area contributed by atoms with Gasteiger partial charge in [0.1, 0.15) is 10.8 Å². The quantitative estimate of drug-likeness (QED) is 0.600. The summed E-state index contributed by atoms with van der Waals surface area (Å²) in [5, 5.41) is 1.31. The van der Waals surface area contributed by atoms with Gasteiger partial charge in [-0.3, -0.25) is 0 Å². The van der Waals surface area contributed by atoms with Gasteiger partial charge in [0.2, 0.25) is 0 Å². The molecular formula is C12H8Cl2OS2. The Bertz CT molecular complexity index is 485. The largest absolute Gasteiger partial charge is 0.600 e. The molecule has 88 valence electrons. The van der Waals surface area contributed by atoms with Crippen molar-refractivity contribution in [2.75, 3.05) is 0 Å². The van der Waals surface area contributed by atoms with E-state index < -0.39 is 10.2 Å². The lowest BCUT2D eigenvalue weighted by molar-refractivity contribution is 0.609. The minimum absolute atomic E-state index is 0.641. The van der Waals surface area contributed by atoms with E-state index in [9.17, 15) is 4.55 Å². The van der Waals surface area contributed by atoms with Crippen molar-refractivity contribution in [3.05, 3.63) is 58.6 Å². The van der Waals surface area contributed by atoms with Gasteiger partial charge in [0.25, 0.3) is 0 Å². The Balaban J connectivity index is 2.08. The molecule has 2 rings (SSSR count). The normalized spacial score (nSPS) is 12.4. The van der Waals surface area contributed by atoms with Gasteiger partial charge in [0.05, 0.1) is 15.1 Å². The first-order valence-electron chi connectivity index (χ1n) is 4.76. The molecule has 0 saturated heterocycles. The lowest BCUT2D eigenvalue weighted by Gasteiger charge is -2.07. The molecule has 0 aliphatic rings. The molecule has 0 spiro atoms. The Kier molecular flexibility index (Phi) is 4.65. The average molecular weight is 303 g/mol. The molecule has 1 unspecified atom stereocenters. The van der Waals surface area contributed by atoms with Crippen LogP contribution in [0.2, 0.25) is 10.0 Å². The van der Waals surface area contributed by atoms with Crippen molar-refractivity contribution in [3.8, 4) is 0 Å². The van der Waals surface area contributed by atoms with Crippen LogP contribution >= 0.6 is 34.0 Å². The van der Waals surface area contributed by atoms with Gasteiger partial charge in [-0.1, -0.05) is 23.2 Å². The van der Waals surface area contributed by atoms with E-state index in [2.05, 4.69) is 0 Å². The lowest BCUT2D eigenvalue weighted by atomic mass is 10.4. The van der Waals surface area contributed by atoms with E-state index in [1.165, 1.54) is 10.8 Å². The average Bonchev–Trinajstić information content (AvgIpc) is 2.33. The van der Waals surface area contributed by atoms with Crippen LogP contribution in [0.5, 0.6) is 0 Å². The minimum Gasteiger partial charge on any atom is -0.600 e. The zero-order chi connectivity index (χ0) is 12.3. The zero-order valence-corrected chi connectivity index (χ0v) is 11.7. The van der Waals surface area contributed by atoms with Crippen LogP contribution in [-0.2, 0) is 10.2 Å². The first-order chi connectivity index (χ1) is 8.15. The highest BCUT2D eigenvalue weighted by atomic mass is 35.5. The van der Waals surface area contributed by atoms with E-state index in [-0.39, 0.29) is 0 Å². The van der Waals surface area contributed by atoms with Crippen LogP contribution in [0.3, 0.4) is 0 Å². The molecule has 0 radical (unpaired) electrons. The molecule has 0 amide bonds. The summed E-state index contributed by atoms with van der Waals surface area (Å²) in [6.07, 6.45) is 0. The van der Waals surface area contributed by atoms with Gasteiger partial charge < -0.3 is 4.55 Å². The number of hydrogen-bond acceptors (Lipinski definition) is 2. The summed E-state index contributed by atoms with van der Waals surface area (Å²) in [5.41, 5.74) is 0. The van der Waals surface area contributed by atoms with Crippen LogP contribution in [0.1, 0.15) is 0 Å². The maximum absolute atomic E-state index is 12.0. The highest BCUT2D eigenvalue weighted by Gasteiger charge is 2.14. The van der Waals surface area contributed by atoms with Crippen molar-refractivity contribution in [2.45, 2.75) is 9.79 Å². The van der Waals surface area contributed by atoms with E-state index in [4.69, 9.17) is 23.2 Å². The number of hydrogen-bond donors (Lipinski definition) is 0. The van der Waals surface area contributed by atoms with Gasteiger partial charge in [0, 0.05) is 10.0 Å². The molecule has 1 nitrogen and oxygen atoms in total. The highest BCUT2D eigenvalue weighted by molar-refractivity contribution is 8.72. The fourth-order valence-electron chi connectivity index (χ4n) is 1.17. The molecule has 0 bridgehead atoms. The van der Waals surface area contributed by atoms with E-state index in [1.807, 2.05) is 12.1 Å². The van der Waals surface area contributed by atoms with Gasteiger partial charge in [-0.05, 0) is 48.5 Å². The van der Waals surface area contributed by atoms with Crippen molar-refractivity contribution >= 4 is 44.2 Å². The molecule has 17 heavy (non-hydrogen) atoms. The first-order valence-corrected chi connectivity index (χ1v) is 8.00. The predicted octanol–water partition coefficient (Wildman–Crippen LogP) is 4.81. The maximum atomic E-state index is 12.0. The molecule has 0 N–H and O–H groups in total. The molecule has 2 aromatic rings. The maximum Gasteiger partial charge on any atom is 0.166 e. The van der Waals surface area contributed by atoms with E-state index in [0.717, 1.165) is 9.79 Å². The lowest BCUT2D eigenvalue weighted by Crippen LogP contribution is -1.94. The molecule has 0 aliphatic heterocycles. The number of halogens is 2. The van der Waals surface area contributed by atoms with Gasteiger partial charge in [-0.15, -0.1) is 0 Å². The third-order valence-corrected chi connectivity index (χ3v) is 5.38. The molecule has 2 aromatic carbocycles. The summed E-state index contributed by atoms with van der Waals surface area (Å²) in [7, 11) is 0.147. The molecule has 0 aromatic heterocycles. The van der Waals surface area contributed by atoms with Crippen LogP contribution in [0.15, 0.2) is 58.3 Å². The van der Waals surface area contributed by atoms with Crippen molar-refractivity contribution in [3.63, 3.8) is 0 Å². The molecule has 0 heterocycles. The number of rotatable bonds is 3. The second-order valence-electron chi connectivity index (χ2n) is 3.23. The van der Waals surface area contributed by atoms with Crippen LogP contribution in [0.4, 0.5) is 0 Å². The predicted molar refractivity (Wildman–Crippen MR) is 75.2 cm³/mol. The van der Waals surface area contributed by atoms with Crippen molar-refractivity contribution in [2.24, 2.45) is 0 Å². The topological polar surface area (TPSA) is 23.1 Å². The smallest absolute Gasteiger partial charge is 0.166 e. The third-order valence-electron chi connectivity index (χ3n) is 1.99. The standard InChI is InChI=1S/C12H8Cl2OS2/c13-9-1-5-11(6-2-9)16-17(15)12-7-3-10(14)4-8-12/h1-8H. The highest BCUT2D eigenvalue weighted by Crippen LogP contribution is 2.31. The van der Waals surface area contributed by atoms with Gasteiger partial charge in [-0.25, -0.2) is 0 Å².